The van der Waals surface area contributed by atoms with Gasteiger partial charge in [0.25, 0.3) is 0 Å². The molecule has 0 aliphatic rings. The quantitative estimate of drug-likeness (QED) is 0.501. The number of unbranched alkanes of at least 4 members (excludes halogenated alkanes) is 7. The summed E-state index contributed by atoms with van der Waals surface area (Å²) in [6, 6.07) is 0. The zero-order valence-electron chi connectivity index (χ0n) is 13.0. The summed E-state index contributed by atoms with van der Waals surface area (Å²) in [5.41, 5.74) is 12.1. The Kier molecular flexibility index (Phi) is 13.5. The van der Waals surface area contributed by atoms with Crippen LogP contribution in [0, 0.1) is 0 Å². The second-order valence-electron chi connectivity index (χ2n) is 5.18. The Labute approximate surface area is 119 Å². The van der Waals surface area contributed by atoms with Crippen molar-refractivity contribution in [2.75, 3.05) is 13.2 Å². The van der Waals surface area contributed by atoms with Gasteiger partial charge in [-0.1, -0.05) is 58.8 Å². The highest BCUT2D eigenvalue weighted by atomic mass is 16.5. The fourth-order valence-electron chi connectivity index (χ4n) is 2.18. The number of nitrogens with two attached hydrogens (primary N) is 2. The number of rotatable bonds is 13. The maximum atomic E-state index is 5.90. The molecule has 0 aliphatic heterocycles. The van der Waals surface area contributed by atoms with Gasteiger partial charge in [-0.05, 0) is 18.9 Å². The summed E-state index contributed by atoms with van der Waals surface area (Å²) in [5, 5.41) is 0. The molecule has 4 N–H and O–H groups in total. The highest BCUT2D eigenvalue weighted by molar-refractivity contribution is 5.03. The monoisotopic (exact) mass is 270 g/mol. The van der Waals surface area contributed by atoms with Gasteiger partial charge in [0.1, 0.15) is 0 Å². The van der Waals surface area contributed by atoms with Crippen LogP contribution in [0.3, 0.4) is 0 Å². The zero-order valence-corrected chi connectivity index (χ0v) is 13.0. The molecule has 0 amide bonds. The molecule has 0 heterocycles. The predicted octanol–water partition coefficient (Wildman–Crippen LogP) is 3.72. The molecule has 0 aromatic heterocycles. The first kappa shape index (κ1) is 18.5. The minimum atomic E-state index is 0.0492. The van der Waals surface area contributed by atoms with E-state index in [1.807, 2.05) is 6.08 Å². The predicted molar refractivity (Wildman–Crippen MR) is 84.0 cm³/mol. The molecule has 3 nitrogen and oxygen atoms in total. The average Bonchev–Trinajstić information content (AvgIpc) is 2.41. The molecular weight excluding hydrogens is 236 g/mol. The van der Waals surface area contributed by atoms with Crippen molar-refractivity contribution < 1.29 is 4.74 Å². The molecule has 0 aromatic rings. The van der Waals surface area contributed by atoms with E-state index in [2.05, 4.69) is 13.8 Å². The van der Waals surface area contributed by atoms with Gasteiger partial charge in [0, 0.05) is 18.8 Å². The van der Waals surface area contributed by atoms with Crippen molar-refractivity contribution in [3.63, 3.8) is 0 Å². The lowest BCUT2D eigenvalue weighted by Gasteiger charge is -2.16. The molecule has 0 radical (unpaired) electrons. The zero-order chi connectivity index (χ0) is 14.3. The summed E-state index contributed by atoms with van der Waals surface area (Å²) in [6.45, 7) is 5.65. The van der Waals surface area contributed by atoms with E-state index in [1.54, 1.807) is 0 Å². The van der Waals surface area contributed by atoms with Gasteiger partial charge < -0.3 is 16.2 Å². The van der Waals surface area contributed by atoms with E-state index >= 15 is 0 Å². The van der Waals surface area contributed by atoms with Crippen LogP contribution in [0.2, 0.25) is 0 Å². The lowest BCUT2D eigenvalue weighted by atomic mass is 10.1. The van der Waals surface area contributed by atoms with E-state index in [0.717, 1.165) is 25.1 Å². The fourth-order valence-corrected chi connectivity index (χ4v) is 2.18. The molecular formula is C16H34N2O. The Morgan fingerprint density at radius 1 is 1.00 bits per heavy atom. The number of hydrogen-bond acceptors (Lipinski definition) is 3. The molecule has 0 spiro atoms. The summed E-state index contributed by atoms with van der Waals surface area (Å²) < 4.78 is 5.80. The van der Waals surface area contributed by atoms with Gasteiger partial charge in [0.2, 0.25) is 0 Å². The largest absolute Gasteiger partial charge is 0.400 e. The van der Waals surface area contributed by atoms with Crippen LogP contribution in [0.1, 0.15) is 71.6 Å². The van der Waals surface area contributed by atoms with Gasteiger partial charge in [-0.2, -0.15) is 0 Å². The van der Waals surface area contributed by atoms with Crippen LogP contribution in [0.5, 0.6) is 0 Å². The standard InChI is InChI=1S/C16H34N2O/c1-3-5-6-7-8-9-10-11-14-19-16(4-2)15(18)12-13-17/h12,16H,3-11,13-14,17-18H2,1-2H3. The molecule has 0 rings (SSSR count). The summed E-state index contributed by atoms with van der Waals surface area (Å²) >= 11 is 0. The average molecular weight is 270 g/mol. The normalized spacial score (nSPS) is 13.7. The Hall–Kier alpha value is -0.540. The highest BCUT2D eigenvalue weighted by Gasteiger charge is 2.08. The molecule has 1 atom stereocenters. The SMILES string of the molecule is CCCCCCCCCCOC(CC)C(N)=CCN. The molecule has 0 aromatic carbocycles. The van der Waals surface area contributed by atoms with Crippen LogP contribution in [0.25, 0.3) is 0 Å². The van der Waals surface area contributed by atoms with Crippen molar-refractivity contribution in [3.8, 4) is 0 Å². The molecule has 1 unspecified atom stereocenters. The minimum Gasteiger partial charge on any atom is -0.400 e. The van der Waals surface area contributed by atoms with Gasteiger partial charge in [0.15, 0.2) is 0 Å². The van der Waals surface area contributed by atoms with E-state index in [1.165, 1.54) is 44.9 Å². The first-order valence-electron chi connectivity index (χ1n) is 8.03. The summed E-state index contributed by atoms with van der Waals surface area (Å²) in [6.07, 6.45) is 13.4. The van der Waals surface area contributed by atoms with E-state index in [9.17, 15) is 0 Å². The van der Waals surface area contributed by atoms with Crippen LogP contribution in [0.15, 0.2) is 11.8 Å². The molecule has 0 bridgehead atoms. The lowest BCUT2D eigenvalue weighted by Crippen LogP contribution is -2.22. The first-order valence-corrected chi connectivity index (χ1v) is 8.03. The Morgan fingerprint density at radius 3 is 2.11 bits per heavy atom. The second-order valence-corrected chi connectivity index (χ2v) is 5.18. The van der Waals surface area contributed by atoms with Crippen molar-refractivity contribution in [3.05, 3.63) is 11.8 Å². The second kappa shape index (κ2) is 13.9. The Morgan fingerprint density at radius 2 is 1.58 bits per heavy atom. The molecule has 0 saturated heterocycles. The van der Waals surface area contributed by atoms with Crippen molar-refractivity contribution in [1.82, 2.24) is 0 Å². The third-order valence-electron chi connectivity index (χ3n) is 3.41. The molecule has 19 heavy (non-hydrogen) atoms. The first-order chi connectivity index (χ1) is 9.26. The van der Waals surface area contributed by atoms with Gasteiger partial charge in [-0.25, -0.2) is 0 Å². The lowest BCUT2D eigenvalue weighted by molar-refractivity contribution is 0.0708. The third kappa shape index (κ3) is 11.0. The van der Waals surface area contributed by atoms with Crippen LogP contribution in [-0.2, 0) is 4.74 Å². The fraction of sp³-hybridized carbons (Fsp3) is 0.875. The third-order valence-corrected chi connectivity index (χ3v) is 3.41. The maximum Gasteiger partial charge on any atom is 0.0961 e. The molecule has 114 valence electrons. The van der Waals surface area contributed by atoms with E-state index in [0.29, 0.717) is 6.54 Å². The maximum absolute atomic E-state index is 5.90. The van der Waals surface area contributed by atoms with E-state index < -0.39 is 0 Å². The van der Waals surface area contributed by atoms with Crippen LogP contribution < -0.4 is 11.5 Å². The van der Waals surface area contributed by atoms with Gasteiger partial charge in [-0.3, -0.25) is 0 Å². The summed E-state index contributed by atoms with van der Waals surface area (Å²) in [4.78, 5) is 0. The summed E-state index contributed by atoms with van der Waals surface area (Å²) in [7, 11) is 0. The molecule has 0 fully saturated rings. The Bertz CT molecular complexity index is 217. The Balaban J connectivity index is 3.44. The van der Waals surface area contributed by atoms with Crippen LogP contribution >= 0.6 is 0 Å². The molecule has 3 heteroatoms. The van der Waals surface area contributed by atoms with Gasteiger partial charge >= 0.3 is 0 Å². The number of hydrogen-bond donors (Lipinski definition) is 2. The van der Waals surface area contributed by atoms with Crippen molar-refractivity contribution >= 4 is 0 Å². The van der Waals surface area contributed by atoms with E-state index in [-0.39, 0.29) is 6.10 Å². The van der Waals surface area contributed by atoms with Gasteiger partial charge in [-0.15, -0.1) is 0 Å². The highest BCUT2D eigenvalue weighted by Crippen LogP contribution is 2.10. The van der Waals surface area contributed by atoms with Crippen molar-refractivity contribution in [2.45, 2.75) is 77.7 Å². The molecule has 0 saturated carbocycles. The van der Waals surface area contributed by atoms with Crippen molar-refractivity contribution in [2.24, 2.45) is 11.5 Å². The molecule has 0 aliphatic carbocycles. The topological polar surface area (TPSA) is 61.3 Å². The van der Waals surface area contributed by atoms with E-state index in [4.69, 9.17) is 16.2 Å². The number of ether oxygens (including phenoxy) is 1. The van der Waals surface area contributed by atoms with Gasteiger partial charge in [0.05, 0.1) is 6.10 Å². The van der Waals surface area contributed by atoms with Crippen LogP contribution in [-0.4, -0.2) is 19.3 Å². The minimum absolute atomic E-state index is 0.0492. The summed E-state index contributed by atoms with van der Waals surface area (Å²) in [5.74, 6) is 0. The van der Waals surface area contributed by atoms with Crippen LogP contribution in [0.4, 0.5) is 0 Å². The van der Waals surface area contributed by atoms with Crippen molar-refractivity contribution in [1.29, 1.82) is 0 Å². The smallest absolute Gasteiger partial charge is 0.0961 e.